The Kier molecular flexibility index (Phi) is 5.18. The highest BCUT2D eigenvalue weighted by Crippen LogP contribution is 2.72. The summed E-state index contributed by atoms with van der Waals surface area (Å²) in [7, 11) is 0. The zero-order chi connectivity index (χ0) is 25.3. The van der Waals surface area contributed by atoms with Crippen molar-refractivity contribution < 1.29 is 29.6 Å². The molecule has 3 N–H and O–H groups in total. The summed E-state index contributed by atoms with van der Waals surface area (Å²) in [5.41, 5.74) is -1.24. The first-order chi connectivity index (χ1) is 16.2. The second kappa shape index (κ2) is 7.31. The number of aliphatic hydroxyl groups is 3. The zero-order valence-electron chi connectivity index (χ0n) is 22.4. The van der Waals surface area contributed by atoms with Gasteiger partial charge in [-0.15, -0.1) is 0 Å². The maximum absolute atomic E-state index is 13.7. The van der Waals surface area contributed by atoms with E-state index < -0.39 is 17.2 Å². The number of rotatable bonds is 1. The molecule has 35 heavy (non-hydrogen) atoms. The molecule has 2 saturated heterocycles. The topological polar surface area (TPSA) is 96.2 Å². The predicted molar refractivity (Wildman–Crippen MR) is 130 cm³/mol. The van der Waals surface area contributed by atoms with Crippen LogP contribution in [0, 0.1) is 52.3 Å². The maximum atomic E-state index is 13.7. The molecular weight excluding hydrogens is 444 g/mol. The minimum Gasteiger partial charge on any atom is -0.393 e. The molecule has 13 atom stereocenters. The van der Waals surface area contributed by atoms with Crippen molar-refractivity contribution in [2.24, 2.45) is 52.3 Å². The van der Waals surface area contributed by atoms with Gasteiger partial charge in [-0.05, 0) is 85.9 Å². The molecule has 2 heterocycles. The van der Waals surface area contributed by atoms with E-state index in [0.717, 1.165) is 38.5 Å². The van der Waals surface area contributed by atoms with E-state index in [1.54, 1.807) is 6.92 Å². The van der Waals surface area contributed by atoms with Crippen molar-refractivity contribution >= 4 is 5.78 Å². The van der Waals surface area contributed by atoms with E-state index in [1.807, 2.05) is 13.8 Å². The third-order valence-electron chi connectivity index (χ3n) is 12.8. The Morgan fingerprint density at radius 3 is 2.34 bits per heavy atom. The molecule has 6 aliphatic rings. The van der Waals surface area contributed by atoms with Crippen LogP contribution in [0.25, 0.3) is 0 Å². The molecule has 0 unspecified atom stereocenters. The summed E-state index contributed by atoms with van der Waals surface area (Å²) in [6.45, 7) is 12.4. The van der Waals surface area contributed by atoms with Crippen LogP contribution in [0.5, 0.6) is 0 Å². The van der Waals surface area contributed by atoms with Crippen LogP contribution < -0.4 is 0 Å². The lowest BCUT2D eigenvalue weighted by molar-refractivity contribution is -0.326. The van der Waals surface area contributed by atoms with Gasteiger partial charge in [0.15, 0.2) is 11.6 Å². The summed E-state index contributed by atoms with van der Waals surface area (Å²) in [5, 5.41) is 32.9. The highest BCUT2D eigenvalue weighted by atomic mass is 16.8. The van der Waals surface area contributed by atoms with Gasteiger partial charge in [0.05, 0.1) is 12.2 Å². The lowest BCUT2D eigenvalue weighted by Gasteiger charge is -2.60. The predicted octanol–water partition coefficient (Wildman–Crippen LogP) is 4.04. The molecule has 4 aliphatic carbocycles. The Bertz CT molecular complexity index is 917. The molecule has 6 rings (SSSR count). The molecule has 0 aromatic heterocycles. The largest absolute Gasteiger partial charge is 0.393 e. The van der Waals surface area contributed by atoms with E-state index in [2.05, 4.69) is 20.8 Å². The molecule has 6 nitrogen and oxygen atoms in total. The fourth-order valence-electron chi connectivity index (χ4n) is 10.7. The number of ketones is 1. The Labute approximate surface area is 210 Å². The lowest BCUT2D eigenvalue weighted by Crippen LogP contribution is -2.57. The van der Waals surface area contributed by atoms with Crippen LogP contribution in [-0.4, -0.2) is 50.5 Å². The van der Waals surface area contributed by atoms with Crippen LogP contribution in [0.4, 0.5) is 0 Å². The van der Waals surface area contributed by atoms with Gasteiger partial charge in [-0.1, -0.05) is 34.6 Å². The first-order valence-electron chi connectivity index (χ1n) is 14.2. The molecule has 6 heteroatoms. The third kappa shape index (κ3) is 2.98. The molecule has 4 saturated carbocycles. The average Bonchev–Trinajstić information content (AvgIpc) is 3.27. The van der Waals surface area contributed by atoms with Gasteiger partial charge in [-0.3, -0.25) is 4.79 Å². The van der Waals surface area contributed by atoms with Crippen molar-refractivity contribution in [3.05, 3.63) is 0 Å². The van der Waals surface area contributed by atoms with Crippen LogP contribution in [-0.2, 0) is 14.3 Å². The number of hydrogen-bond acceptors (Lipinski definition) is 6. The van der Waals surface area contributed by atoms with Gasteiger partial charge in [0.2, 0.25) is 0 Å². The van der Waals surface area contributed by atoms with Gasteiger partial charge >= 0.3 is 0 Å². The molecule has 0 amide bonds. The SMILES string of the molecule is CC(C)[C@@]1(O)C[C@]2(O[C@H]3C[C@H]4[C@@H]5C(=O)C[C@H]6C[C@@H](O)CC[C@]6(C)[C@H]5CC[C@]4(C)[C@H]3[C@@H]2C)O[C@@]1(C)O. The van der Waals surface area contributed by atoms with Gasteiger partial charge in [0.25, 0.3) is 0 Å². The van der Waals surface area contributed by atoms with Gasteiger partial charge in [-0.2, -0.15) is 0 Å². The molecule has 198 valence electrons. The van der Waals surface area contributed by atoms with Crippen molar-refractivity contribution in [3.63, 3.8) is 0 Å². The van der Waals surface area contributed by atoms with Gasteiger partial charge < -0.3 is 24.8 Å². The van der Waals surface area contributed by atoms with E-state index in [4.69, 9.17) is 9.47 Å². The van der Waals surface area contributed by atoms with Crippen molar-refractivity contribution in [1.29, 1.82) is 0 Å². The lowest BCUT2D eigenvalue weighted by atomic mass is 9.44. The summed E-state index contributed by atoms with van der Waals surface area (Å²) in [6, 6.07) is 0. The number of carbonyl (C=O) groups is 1. The highest BCUT2D eigenvalue weighted by Gasteiger charge is 2.75. The smallest absolute Gasteiger partial charge is 0.195 e. The number of aliphatic hydroxyl groups excluding tert-OH is 1. The average molecular weight is 491 g/mol. The molecule has 0 aromatic rings. The normalized spacial score (nSPS) is 61.6. The zero-order valence-corrected chi connectivity index (χ0v) is 22.4. The second-order valence-corrected chi connectivity index (χ2v) is 14.4. The molecule has 0 radical (unpaired) electrons. The molecule has 0 bridgehead atoms. The fourth-order valence-corrected chi connectivity index (χ4v) is 10.7. The maximum Gasteiger partial charge on any atom is 0.195 e. The van der Waals surface area contributed by atoms with Crippen molar-refractivity contribution in [3.8, 4) is 0 Å². The van der Waals surface area contributed by atoms with Crippen LogP contribution in [0.1, 0.15) is 92.9 Å². The monoisotopic (exact) mass is 490 g/mol. The summed E-state index contributed by atoms with van der Waals surface area (Å²) < 4.78 is 13.0. The van der Waals surface area contributed by atoms with Crippen molar-refractivity contribution in [1.82, 2.24) is 0 Å². The van der Waals surface area contributed by atoms with E-state index in [9.17, 15) is 20.1 Å². The van der Waals surface area contributed by atoms with Crippen LogP contribution in [0.2, 0.25) is 0 Å². The van der Waals surface area contributed by atoms with Gasteiger partial charge in [0, 0.05) is 24.7 Å². The van der Waals surface area contributed by atoms with Gasteiger partial charge in [-0.25, -0.2) is 0 Å². The van der Waals surface area contributed by atoms with E-state index in [-0.39, 0.29) is 53.1 Å². The second-order valence-electron chi connectivity index (χ2n) is 14.4. The summed E-state index contributed by atoms with van der Waals surface area (Å²) >= 11 is 0. The molecule has 0 aromatic carbocycles. The summed E-state index contributed by atoms with van der Waals surface area (Å²) in [6.07, 6.45) is 6.26. The minimum absolute atomic E-state index is 0.0180. The number of carbonyl (C=O) groups excluding carboxylic acids is 1. The molecular formula is C29H46O6. The molecule has 6 fully saturated rings. The van der Waals surface area contributed by atoms with Crippen LogP contribution >= 0.6 is 0 Å². The Hall–Kier alpha value is -0.530. The Balaban J connectivity index is 1.30. The van der Waals surface area contributed by atoms with Crippen LogP contribution in [0.3, 0.4) is 0 Å². The van der Waals surface area contributed by atoms with E-state index >= 15 is 0 Å². The number of fused-ring (bicyclic) bond motifs is 7. The third-order valence-corrected chi connectivity index (χ3v) is 12.8. The summed E-state index contributed by atoms with van der Waals surface area (Å²) in [5.74, 6) is -1.05. The van der Waals surface area contributed by atoms with E-state index in [1.165, 1.54) is 0 Å². The van der Waals surface area contributed by atoms with Crippen molar-refractivity contribution in [2.75, 3.05) is 0 Å². The van der Waals surface area contributed by atoms with Crippen LogP contribution in [0.15, 0.2) is 0 Å². The van der Waals surface area contributed by atoms with Crippen molar-refractivity contribution in [2.45, 2.75) is 122 Å². The molecule has 2 aliphatic heterocycles. The highest BCUT2D eigenvalue weighted by molar-refractivity contribution is 5.83. The standard InChI is InChI=1S/C29H46O6/c1-15(2)28(33)14-29(35-27(28,6)32)16(3)24-22(34-29)13-20-23-19(8-10-26(20,24)5)25(4)9-7-18(30)11-17(25)12-21(23)31/h15-20,22-24,30,32-33H,7-14H2,1-6H3/t16-,17+,18-,19-,20-,22-,23+,24-,25-,26-,27+,28-,29-/m0/s1. The Morgan fingerprint density at radius 2 is 1.69 bits per heavy atom. The van der Waals surface area contributed by atoms with E-state index in [0.29, 0.717) is 30.0 Å². The van der Waals surface area contributed by atoms with Gasteiger partial charge in [0.1, 0.15) is 11.4 Å². The molecule has 1 spiro atoms. The quantitative estimate of drug-likeness (QED) is 0.513. The first kappa shape index (κ1) is 24.8. The fraction of sp³-hybridized carbons (Fsp3) is 0.966. The number of ether oxygens (including phenoxy) is 2. The number of Topliss-reactive ketones (excluding diaryl/α,β-unsaturated/α-hetero) is 1. The first-order valence-corrected chi connectivity index (χ1v) is 14.2. The Morgan fingerprint density at radius 1 is 1.00 bits per heavy atom. The summed E-state index contributed by atoms with van der Waals surface area (Å²) in [4.78, 5) is 13.7. The number of hydrogen-bond donors (Lipinski definition) is 3. The minimum atomic E-state index is -1.67.